The summed E-state index contributed by atoms with van der Waals surface area (Å²) in [6.07, 6.45) is 1.27. The van der Waals surface area contributed by atoms with Crippen LogP contribution >= 0.6 is 0 Å². The van der Waals surface area contributed by atoms with Gasteiger partial charge in [0.05, 0.1) is 11.0 Å². The molecule has 2 rings (SSSR count). The van der Waals surface area contributed by atoms with Gasteiger partial charge in [-0.2, -0.15) is 0 Å². The molecule has 2 N–H and O–H groups in total. The molecule has 0 spiro atoms. The summed E-state index contributed by atoms with van der Waals surface area (Å²) in [6, 6.07) is 7.41. The van der Waals surface area contributed by atoms with Gasteiger partial charge in [0.1, 0.15) is 6.54 Å². The summed E-state index contributed by atoms with van der Waals surface area (Å²) in [5.74, 6) is -0.207. The number of aliphatic hydroxyl groups is 1. The van der Waals surface area contributed by atoms with Crippen LogP contribution < -0.4 is 11.0 Å². The largest absolute Gasteiger partial charge is 0.396 e. The maximum Gasteiger partial charge on any atom is 0.329 e. The van der Waals surface area contributed by atoms with Crippen molar-refractivity contribution >= 4 is 16.9 Å². The Bertz CT molecular complexity index is 702. The Labute approximate surface area is 129 Å². The molecule has 0 aliphatic heterocycles. The van der Waals surface area contributed by atoms with Crippen molar-refractivity contribution in [1.29, 1.82) is 0 Å². The quantitative estimate of drug-likeness (QED) is 0.804. The first-order chi connectivity index (χ1) is 10.6. The van der Waals surface area contributed by atoms with E-state index in [4.69, 9.17) is 5.11 Å². The third kappa shape index (κ3) is 3.22. The predicted octanol–water partition coefficient (Wildman–Crippen LogP) is 1.10. The van der Waals surface area contributed by atoms with Crippen LogP contribution in [0.3, 0.4) is 0 Å². The molecule has 1 heterocycles. The number of nitrogens with zero attached hydrogens (tertiary/aromatic N) is 2. The molecule has 1 amide bonds. The molecule has 0 aliphatic carbocycles. The van der Waals surface area contributed by atoms with Crippen LogP contribution in [0.25, 0.3) is 11.0 Å². The molecular formula is C16H23N3O3. The third-order valence-corrected chi connectivity index (χ3v) is 3.88. The van der Waals surface area contributed by atoms with Crippen LogP contribution in [0.4, 0.5) is 0 Å². The zero-order valence-corrected chi connectivity index (χ0v) is 13.1. The van der Waals surface area contributed by atoms with Crippen molar-refractivity contribution in [1.82, 2.24) is 14.5 Å². The van der Waals surface area contributed by atoms with Gasteiger partial charge in [-0.15, -0.1) is 0 Å². The summed E-state index contributed by atoms with van der Waals surface area (Å²) in [4.78, 5) is 24.6. The number of carbonyl (C=O) groups is 1. The van der Waals surface area contributed by atoms with Crippen LogP contribution in [-0.2, 0) is 17.9 Å². The first kappa shape index (κ1) is 16.3. The molecule has 0 saturated heterocycles. The second kappa shape index (κ2) is 7.26. The van der Waals surface area contributed by atoms with E-state index in [9.17, 15) is 9.59 Å². The first-order valence-corrected chi connectivity index (χ1v) is 7.70. The van der Waals surface area contributed by atoms with Crippen LogP contribution in [-0.4, -0.2) is 32.8 Å². The normalized spacial score (nSPS) is 12.5. The average Bonchev–Trinajstić information content (AvgIpc) is 2.79. The maximum absolute atomic E-state index is 12.4. The fraction of sp³-hybridized carbons (Fsp3) is 0.500. The van der Waals surface area contributed by atoms with Crippen LogP contribution in [0.1, 0.15) is 26.7 Å². The molecule has 0 bridgehead atoms. The Hall–Kier alpha value is -2.08. The van der Waals surface area contributed by atoms with Gasteiger partial charge in [0.2, 0.25) is 5.91 Å². The molecule has 1 aromatic carbocycles. The van der Waals surface area contributed by atoms with E-state index in [1.54, 1.807) is 4.57 Å². The number of aliphatic hydroxyl groups excluding tert-OH is 1. The zero-order chi connectivity index (χ0) is 16.1. The van der Waals surface area contributed by atoms with Gasteiger partial charge in [0.25, 0.3) is 0 Å². The van der Waals surface area contributed by atoms with Crippen molar-refractivity contribution in [3.8, 4) is 0 Å². The van der Waals surface area contributed by atoms with Gasteiger partial charge in [-0.3, -0.25) is 13.9 Å². The molecule has 120 valence electrons. The second-order valence-corrected chi connectivity index (χ2v) is 5.29. The Morgan fingerprint density at radius 2 is 1.86 bits per heavy atom. The summed E-state index contributed by atoms with van der Waals surface area (Å²) in [7, 11) is 0. The minimum absolute atomic E-state index is 0.00568. The van der Waals surface area contributed by atoms with Gasteiger partial charge in [0.15, 0.2) is 0 Å². The van der Waals surface area contributed by atoms with Crippen molar-refractivity contribution in [3.05, 3.63) is 34.7 Å². The Morgan fingerprint density at radius 3 is 2.41 bits per heavy atom. The maximum atomic E-state index is 12.4. The van der Waals surface area contributed by atoms with Gasteiger partial charge in [-0.1, -0.05) is 19.1 Å². The topological polar surface area (TPSA) is 76.3 Å². The summed E-state index contributed by atoms with van der Waals surface area (Å²) >= 11 is 0. The highest BCUT2D eigenvalue weighted by Gasteiger charge is 2.16. The van der Waals surface area contributed by atoms with Crippen molar-refractivity contribution in [2.45, 2.75) is 45.8 Å². The molecule has 0 aliphatic rings. The fourth-order valence-corrected chi connectivity index (χ4v) is 2.68. The number of para-hydroxylation sites is 2. The average molecular weight is 305 g/mol. The smallest absolute Gasteiger partial charge is 0.329 e. The number of hydrogen-bond donors (Lipinski definition) is 2. The van der Waals surface area contributed by atoms with E-state index in [0.29, 0.717) is 13.0 Å². The molecule has 6 nitrogen and oxygen atoms in total. The van der Waals surface area contributed by atoms with Gasteiger partial charge in [-0.25, -0.2) is 4.79 Å². The van der Waals surface area contributed by atoms with E-state index >= 15 is 0 Å². The lowest BCUT2D eigenvalue weighted by molar-refractivity contribution is -0.122. The number of aryl methyl sites for hydroxylation is 1. The number of hydrogen-bond acceptors (Lipinski definition) is 3. The summed E-state index contributed by atoms with van der Waals surface area (Å²) in [6.45, 7) is 4.46. The molecule has 1 atom stereocenters. The zero-order valence-electron chi connectivity index (χ0n) is 13.1. The van der Waals surface area contributed by atoms with Crippen molar-refractivity contribution in [2.24, 2.45) is 0 Å². The molecule has 6 heteroatoms. The van der Waals surface area contributed by atoms with Crippen LogP contribution in [0.2, 0.25) is 0 Å². The minimum Gasteiger partial charge on any atom is -0.396 e. The van der Waals surface area contributed by atoms with Gasteiger partial charge in [0, 0.05) is 19.2 Å². The van der Waals surface area contributed by atoms with Crippen molar-refractivity contribution in [2.75, 3.05) is 6.61 Å². The van der Waals surface area contributed by atoms with E-state index in [2.05, 4.69) is 5.32 Å². The Kier molecular flexibility index (Phi) is 5.38. The number of fused-ring (bicyclic) bond motifs is 1. The molecule has 0 radical (unpaired) electrons. The Balaban J connectivity index is 2.26. The van der Waals surface area contributed by atoms with Crippen molar-refractivity contribution < 1.29 is 9.90 Å². The minimum atomic E-state index is -0.207. The summed E-state index contributed by atoms with van der Waals surface area (Å²) < 4.78 is 3.16. The van der Waals surface area contributed by atoms with Gasteiger partial charge < -0.3 is 10.4 Å². The lowest BCUT2D eigenvalue weighted by Crippen LogP contribution is -2.39. The van der Waals surface area contributed by atoms with Gasteiger partial charge >= 0.3 is 5.69 Å². The molecule has 22 heavy (non-hydrogen) atoms. The molecule has 1 aromatic heterocycles. The highest BCUT2D eigenvalue weighted by atomic mass is 16.3. The van der Waals surface area contributed by atoms with E-state index in [0.717, 1.165) is 17.5 Å². The second-order valence-electron chi connectivity index (χ2n) is 5.29. The summed E-state index contributed by atoms with van der Waals surface area (Å²) in [5, 5.41) is 11.8. The molecule has 0 fully saturated rings. The van der Waals surface area contributed by atoms with Gasteiger partial charge in [-0.05, 0) is 31.9 Å². The van der Waals surface area contributed by atoms with Crippen LogP contribution in [0, 0.1) is 0 Å². The van der Waals surface area contributed by atoms with Crippen LogP contribution in [0.5, 0.6) is 0 Å². The Morgan fingerprint density at radius 1 is 1.23 bits per heavy atom. The summed E-state index contributed by atoms with van der Waals surface area (Å²) in [5.41, 5.74) is 1.43. The molecule has 1 unspecified atom stereocenters. The van der Waals surface area contributed by atoms with E-state index in [1.807, 2.05) is 38.1 Å². The number of aromatic nitrogens is 2. The molecule has 2 aromatic rings. The lowest BCUT2D eigenvalue weighted by atomic mass is 10.1. The molecule has 0 saturated carbocycles. The van der Waals surface area contributed by atoms with E-state index in [1.165, 1.54) is 4.57 Å². The number of rotatable bonds is 7. The number of carbonyl (C=O) groups excluding carboxylic acids is 1. The van der Waals surface area contributed by atoms with E-state index in [-0.39, 0.29) is 30.8 Å². The number of nitrogens with one attached hydrogen (secondary N) is 1. The number of imidazole rings is 1. The SMILES string of the molecule is CCC(CCO)NC(=O)Cn1c(=O)n(CC)c2ccccc21. The third-order valence-electron chi connectivity index (χ3n) is 3.88. The first-order valence-electron chi connectivity index (χ1n) is 7.70. The van der Waals surface area contributed by atoms with Crippen molar-refractivity contribution in [3.63, 3.8) is 0 Å². The van der Waals surface area contributed by atoms with E-state index < -0.39 is 0 Å². The standard InChI is InChI=1S/C16H23N3O3/c1-3-12(9-10-20)17-15(21)11-19-14-8-6-5-7-13(14)18(4-2)16(19)22/h5-8,12,20H,3-4,9-11H2,1-2H3,(H,17,21). The monoisotopic (exact) mass is 305 g/mol. The highest BCUT2D eigenvalue weighted by molar-refractivity contribution is 5.81. The lowest BCUT2D eigenvalue weighted by Gasteiger charge is -2.15. The number of amides is 1. The molecular weight excluding hydrogens is 282 g/mol. The van der Waals surface area contributed by atoms with Crippen LogP contribution in [0.15, 0.2) is 29.1 Å². The highest BCUT2D eigenvalue weighted by Crippen LogP contribution is 2.12. The number of benzene rings is 1. The predicted molar refractivity (Wildman–Crippen MR) is 85.8 cm³/mol. The fourth-order valence-electron chi connectivity index (χ4n) is 2.68.